The summed E-state index contributed by atoms with van der Waals surface area (Å²) in [6, 6.07) is 4.39. The number of fused-ring (bicyclic) bond motifs is 1. The van der Waals surface area contributed by atoms with Crippen LogP contribution < -0.4 is 5.32 Å². The number of nitrogens with one attached hydrogen (secondary N) is 1. The first-order valence-corrected chi connectivity index (χ1v) is 13.3. The molecule has 2 aliphatic rings. The van der Waals surface area contributed by atoms with E-state index in [1.165, 1.54) is 12.1 Å². The highest BCUT2D eigenvalue weighted by Crippen LogP contribution is 2.25. The van der Waals surface area contributed by atoms with E-state index in [-0.39, 0.29) is 60.3 Å². The third-order valence-electron chi connectivity index (χ3n) is 7.24. The third kappa shape index (κ3) is 7.58. The van der Waals surface area contributed by atoms with Crippen LogP contribution in [0.25, 0.3) is 11.0 Å². The molecule has 0 aliphatic carbocycles. The average molecular weight is 575 g/mol. The molecule has 38 heavy (non-hydrogen) atoms. The van der Waals surface area contributed by atoms with Crippen LogP contribution in [-0.2, 0) is 16.1 Å². The Morgan fingerprint density at radius 2 is 1.92 bits per heavy atom. The van der Waals surface area contributed by atoms with Gasteiger partial charge in [0.15, 0.2) is 5.82 Å². The van der Waals surface area contributed by atoms with Gasteiger partial charge in [-0.05, 0) is 50.2 Å². The minimum Gasteiger partial charge on any atom is -0.385 e. The van der Waals surface area contributed by atoms with Gasteiger partial charge >= 0.3 is 0 Å². The van der Waals surface area contributed by atoms with Crippen molar-refractivity contribution in [2.45, 2.75) is 58.5 Å². The Labute approximate surface area is 237 Å². The normalized spacial score (nSPS) is 19.3. The largest absolute Gasteiger partial charge is 0.385 e. The van der Waals surface area contributed by atoms with Crippen LogP contribution in [0.15, 0.2) is 18.2 Å². The summed E-state index contributed by atoms with van der Waals surface area (Å²) in [6.45, 7) is 8.94. The molecule has 2 aromatic rings. The lowest BCUT2D eigenvalue weighted by molar-refractivity contribution is -0.135. The zero-order valence-electron chi connectivity index (χ0n) is 22.7. The van der Waals surface area contributed by atoms with Gasteiger partial charge in [-0.3, -0.25) is 9.59 Å². The third-order valence-corrected chi connectivity index (χ3v) is 7.24. The summed E-state index contributed by atoms with van der Waals surface area (Å²) in [5.41, 5.74) is 1.24. The number of nitrogens with zero attached hydrogens (tertiary/aromatic N) is 4. The Morgan fingerprint density at radius 1 is 1.18 bits per heavy atom. The maximum absolute atomic E-state index is 14.1. The number of likely N-dealkylation sites (tertiary alicyclic amines) is 1. The Hall–Kier alpha value is -1.94. The molecule has 1 N–H and O–H groups in total. The van der Waals surface area contributed by atoms with Crippen LogP contribution in [0.5, 0.6) is 0 Å². The van der Waals surface area contributed by atoms with Crippen LogP contribution in [0, 0.1) is 17.7 Å². The number of benzene rings is 1. The van der Waals surface area contributed by atoms with Crippen molar-refractivity contribution in [3.8, 4) is 0 Å². The molecule has 1 aromatic carbocycles. The highest BCUT2D eigenvalue weighted by Gasteiger charge is 2.37. The number of rotatable bonds is 10. The van der Waals surface area contributed by atoms with Crippen molar-refractivity contribution < 1.29 is 18.7 Å². The number of aryl methyl sites for hydroxylation is 1. The lowest BCUT2D eigenvalue weighted by Crippen LogP contribution is -2.55. The van der Waals surface area contributed by atoms with E-state index < -0.39 is 0 Å². The Morgan fingerprint density at radius 3 is 2.61 bits per heavy atom. The maximum atomic E-state index is 14.1. The van der Waals surface area contributed by atoms with Crippen LogP contribution in [0.1, 0.15) is 56.6 Å². The standard InChI is InChI=1S/C27H40FN5O3.2ClH/c1-19(2)18-33(22-14-20(16-29-17-22)26(34)31-10-4-5-11-31)27(35)25-30-23-15-21(28)8-9-24(23)32(25)12-6-7-13-36-3;;/h8-9,15,19-20,22,29H,4-7,10-14,16-18H2,1-3H3;2*1H/t20-,22+;;/m1../s1. The second-order valence-electron chi connectivity index (χ2n) is 10.5. The van der Waals surface area contributed by atoms with E-state index in [1.54, 1.807) is 13.2 Å². The van der Waals surface area contributed by atoms with Gasteiger partial charge in [0.2, 0.25) is 5.91 Å². The van der Waals surface area contributed by atoms with Gasteiger partial charge in [-0.2, -0.15) is 0 Å². The van der Waals surface area contributed by atoms with E-state index in [4.69, 9.17) is 4.74 Å². The summed E-state index contributed by atoms with van der Waals surface area (Å²) in [5, 5.41) is 3.41. The van der Waals surface area contributed by atoms with E-state index in [0.29, 0.717) is 50.5 Å². The highest BCUT2D eigenvalue weighted by molar-refractivity contribution is 5.95. The number of hydrogen-bond acceptors (Lipinski definition) is 5. The van der Waals surface area contributed by atoms with E-state index >= 15 is 0 Å². The molecule has 11 heteroatoms. The number of halogens is 3. The fraction of sp³-hybridized carbons (Fsp3) is 0.667. The van der Waals surface area contributed by atoms with E-state index in [1.807, 2.05) is 14.4 Å². The molecule has 0 spiro atoms. The lowest BCUT2D eigenvalue weighted by atomic mass is 9.92. The van der Waals surface area contributed by atoms with E-state index in [9.17, 15) is 14.0 Å². The fourth-order valence-electron chi connectivity index (χ4n) is 5.47. The minimum atomic E-state index is -0.371. The number of ether oxygens (including phenoxy) is 1. The van der Waals surface area contributed by atoms with Gasteiger partial charge in [-0.15, -0.1) is 24.8 Å². The molecule has 2 atom stereocenters. The zero-order valence-corrected chi connectivity index (χ0v) is 24.3. The molecular weight excluding hydrogens is 532 g/mol. The summed E-state index contributed by atoms with van der Waals surface area (Å²) < 4.78 is 21.1. The molecule has 214 valence electrons. The summed E-state index contributed by atoms with van der Waals surface area (Å²) in [7, 11) is 1.67. The number of carbonyl (C=O) groups is 2. The van der Waals surface area contributed by atoms with E-state index in [0.717, 1.165) is 44.3 Å². The van der Waals surface area contributed by atoms with Crippen molar-refractivity contribution in [1.82, 2.24) is 24.7 Å². The summed E-state index contributed by atoms with van der Waals surface area (Å²) >= 11 is 0. The van der Waals surface area contributed by atoms with Crippen molar-refractivity contribution in [3.05, 3.63) is 29.8 Å². The molecule has 2 aliphatic heterocycles. The molecule has 0 unspecified atom stereocenters. The number of imidazole rings is 1. The first-order chi connectivity index (χ1) is 17.4. The number of methoxy groups -OCH3 is 1. The number of hydrogen-bond donors (Lipinski definition) is 1. The average Bonchev–Trinajstić information content (AvgIpc) is 3.52. The predicted octanol–water partition coefficient (Wildman–Crippen LogP) is 4.14. The molecular formula is C27H42Cl2FN5O3. The van der Waals surface area contributed by atoms with Gasteiger partial charge in [0.25, 0.3) is 5.91 Å². The topological polar surface area (TPSA) is 79.7 Å². The molecule has 8 nitrogen and oxygen atoms in total. The highest BCUT2D eigenvalue weighted by atomic mass is 35.5. The van der Waals surface area contributed by atoms with Gasteiger partial charge in [0.05, 0.1) is 17.0 Å². The number of unbranched alkanes of at least 4 members (excludes halogenated alkanes) is 1. The Bertz CT molecular complexity index is 1060. The van der Waals surface area contributed by atoms with Gasteiger partial charge in [-0.1, -0.05) is 13.8 Å². The molecule has 4 rings (SSSR count). The molecule has 2 saturated heterocycles. The lowest BCUT2D eigenvalue weighted by Gasteiger charge is -2.39. The number of aromatic nitrogens is 2. The van der Waals surface area contributed by atoms with Crippen LogP contribution in [0.4, 0.5) is 4.39 Å². The zero-order chi connectivity index (χ0) is 25.7. The Kier molecular flexibility index (Phi) is 12.7. The molecule has 1 aromatic heterocycles. The van der Waals surface area contributed by atoms with Crippen LogP contribution >= 0.6 is 24.8 Å². The first-order valence-electron chi connectivity index (χ1n) is 13.3. The number of amides is 2. The van der Waals surface area contributed by atoms with Crippen LogP contribution in [0.3, 0.4) is 0 Å². The molecule has 0 saturated carbocycles. The molecule has 3 heterocycles. The van der Waals surface area contributed by atoms with Crippen molar-refractivity contribution in [3.63, 3.8) is 0 Å². The SMILES string of the molecule is COCCCCn1c(C(=O)N(CC(C)C)[C@@H]2CNC[C@H](C(=O)N3CCCC3)C2)nc2cc(F)ccc21.Cl.Cl. The van der Waals surface area contributed by atoms with Crippen molar-refractivity contribution in [1.29, 1.82) is 0 Å². The molecule has 2 amide bonds. The summed E-state index contributed by atoms with van der Waals surface area (Å²) in [5.74, 6) is 0.119. The molecule has 0 radical (unpaired) electrons. The number of carbonyl (C=O) groups excluding carboxylic acids is 2. The van der Waals surface area contributed by atoms with Crippen LogP contribution in [0.2, 0.25) is 0 Å². The number of piperidine rings is 1. The second-order valence-corrected chi connectivity index (χ2v) is 10.5. The van der Waals surface area contributed by atoms with Crippen molar-refractivity contribution in [2.75, 3.05) is 46.4 Å². The summed E-state index contributed by atoms with van der Waals surface area (Å²) in [6.07, 6.45) is 4.44. The minimum absolute atomic E-state index is 0. The smallest absolute Gasteiger partial charge is 0.290 e. The van der Waals surface area contributed by atoms with Crippen molar-refractivity contribution >= 4 is 47.7 Å². The summed E-state index contributed by atoms with van der Waals surface area (Å²) in [4.78, 5) is 35.7. The van der Waals surface area contributed by atoms with E-state index in [2.05, 4.69) is 24.1 Å². The monoisotopic (exact) mass is 573 g/mol. The van der Waals surface area contributed by atoms with Gasteiger partial charge in [0, 0.05) is 65.1 Å². The van der Waals surface area contributed by atoms with Gasteiger partial charge in [0.1, 0.15) is 5.82 Å². The van der Waals surface area contributed by atoms with Gasteiger partial charge < -0.3 is 24.4 Å². The fourth-order valence-corrected chi connectivity index (χ4v) is 5.47. The maximum Gasteiger partial charge on any atom is 0.290 e. The first kappa shape index (κ1) is 32.3. The molecule has 2 fully saturated rings. The van der Waals surface area contributed by atoms with Gasteiger partial charge in [-0.25, -0.2) is 9.37 Å². The molecule has 0 bridgehead atoms. The van der Waals surface area contributed by atoms with Crippen molar-refractivity contribution in [2.24, 2.45) is 11.8 Å². The second kappa shape index (κ2) is 15.0. The quantitative estimate of drug-likeness (QED) is 0.432. The Balaban J connectivity index is 0.00000253. The predicted molar refractivity (Wildman–Crippen MR) is 152 cm³/mol. The van der Waals surface area contributed by atoms with Crippen LogP contribution in [-0.4, -0.2) is 83.6 Å².